The summed E-state index contributed by atoms with van der Waals surface area (Å²) in [4.78, 5) is 6.70. The molecule has 0 radical (unpaired) electrons. The zero-order valence-electron chi connectivity index (χ0n) is 11.5. The Balaban J connectivity index is 3.01. The van der Waals surface area contributed by atoms with Crippen LogP contribution in [0.15, 0.2) is 18.5 Å². The zero-order chi connectivity index (χ0) is 12.8. The van der Waals surface area contributed by atoms with E-state index >= 15 is 0 Å². The maximum absolute atomic E-state index is 5.97. The molecule has 2 N–H and O–H groups in total. The van der Waals surface area contributed by atoms with Gasteiger partial charge in [0.15, 0.2) is 0 Å². The molecular weight excluding hydrogens is 210 g/mol. The smallest absolute Gasteiger partial charge is 0.0491 e. The Labute approximate surface area is 105 Å². The quantitative estimate of drug-likeness (QED) is 0.824. The number of aryl methyl sites for hydroxylation is 1. The van der Waals surface area contributed by atoms with E-state index in [1.807, 2.05) is 12.4 Å². The summed E-state index contributed by atoms with van der Waals surface area (Å²) >= 11 is 0. The molecule has 3 heteroatoms. The Bertz CT molecular complexity index is 338. The predicted octanol–water partition coefficient (Wildman–Crippen LogP) is 2.51. The molecule has 1 rings (SSSR count). The highest BCUT2D eigenvalue weighted by Crippen LogP contribution is 2.24. The van der Waals surface area contributed by atoms with Crippen molar-refractivity contribution in [2.75, 3.05) is 13.1 Å². The lowest BCUT2D eigenvalue weighted by molar-refractivity contribution is 0.151. The van der Waals surface area contributed by atoms with Crippen molar-refractivity contribution in [1.82, 2.24) is 9.88 Å². The van der Waals surface area contributed by atoms with Gasteiger partial charge in [-0.05, 0) is 44.0 Å². The van der Waals surface area contributed by atoms with Crippen molar-refractivity contribution >= 4 is 0 Å². The molecule has 3 nitrogen and oxygen atoms in total. The van der Waals surface area contributed by atoms with Gasteiger partial charge >= 0.3 is 0 Å². The lowest BCUT2D eigenvalue weighted by Crippen LogP contribution is -2.40. The number of rotatable bonds is 6. The highest BCUT2D eigenvalue weighted by atomic mass is 15.2. The zero-order valence-corrected chi connectivity index (χ0v) is 11.5. The minimum absolute atomic E-state index is 0.281. The maximum atomic E-state index is 5.97. The van der Waals surface area contributed by atoms with Gasteiger partial charge in [0.05, 0.1) is 0 Å². The molecule has 2 unspecified atom stereocenters. The molecule has 0 saturated heterocycles. The van der Waals surface area contributed by atoms with Crippen LogP contribution < -0.4 is 5.73 Å². The minimum atomic E-state index is 0.281. The lowest BCUT2D eigenvalue weighted by Gasteiger charge is -2.35. The number of pyridine rings is 1. The van der Waals surface area contributed by atoms with E-state index in [0.29, 0.717) is 12.6 Å². The fourth-order valence-corrected chi connectivity index (χ4v) is 2.34. The Morgan fingerprint density at radius 3 is 2.59 bits per heavy atom. The standard InChI is InChI=1S/C14H25N3/c1-5-12(4)17(6-2)14(9-15)13-10-16-8-7-11(13)3/h7-8,10,12,14H,5-6,9,15H2,1-4H3. The highest BCUT2D eigenvalue weighted by molar-refractivity contribution is 5.25. The van der Waals surface area contributed by atoms with Crippen LogP contribution in [0.2, 0.25) is 0 Å². The second-order valence-corrected chi connectivity index (χ2v) is 4.57. The maximum Gasteiger partial charge on any atom is 0.0491 e. The van der Waals surface area contributed by atoms with Gasteiger partial charge in [0.25, 0.3) is 0 Å². The Kier molecular flexibility index (Phi) is 5.59. The normalized spacial score (nSPS) is 14.9. The first-order valence-electron chi connectivity index (χ1n) is 6.51. The predicted molar refractivity (Wildman–Crippen MR) is 72.9 cm³/mol. The molecular formula is C14H25N3. The van der Waals surface area contributed by atoms with Crippen molar-refractivity contribution in [1.29, 1.82) is 0 Å². The molecule has 0 amide bonds. The van der Waals surface area contributed by atoms with Crippen LogP contribution in [0.5, 0.6) is 0 Å². The molecule has 1 heterocycles. The monoisotopic (exact) mass is 235 g/mol. The molecule has 17 heavy (non-hydrogen) atoms. The summed E-state index contributed by atoms with van der Waals surface area (Å²) in [5.41, 5.74) is 8.51. The van der Waals surface area contributed by atoms with Gasteiger partial charge in [-0.1, -0.05) is 13.8 Å². The molecule has 2 atom stereocenters. The summed E-state index contributed by atoms with van der Waals surface area (Å²) in [6, 6.07) is 2.89. The van der Waals surface area contributed by atoms with Gasteiger partial charge in [-0.15, -0.1) is 0 Å². The third-order valence-electron chi connectivity index (χ3n) is 3.58. The summed E-state index contributed by atoms with van der Waals surface area (Å²) in [5.74, 6) is 0. The lowest BCUT2D eigenvalue weighted by atomic mass is 10.0. The molecule has 0 bridgehead atoms. The highest BCUT2D eigenvalue weighted by Gasteiger charge is 2.22. The second-order valence-electron chi connectivity index (χ2n) is 4.57. The SMILES string of the molecule is CCC(C)N(CC)C(CN)c1cnccc1C. The van der Waals surface area contributed by atoms with E-state index in [1.54, 1.807) is 0 Å². The first kappa shape index (κ1) is 14.1. The summed E-state index contributed by atoms with van der Waals surface area (Å²) < 4.78 is 0. The van der Waals surface area contributed by atoms with Gasteiger partial charge in [0.1, 0.15) is 0 Å². The molecule has 0 aromatic carbocycles. The van der Waals surface area contributed by atoms with Crippen molar-refractivity contribution in [2.24, 2.45) is 5.73 Å². The van der Waals surface area contributed by atoms with Crippen LogP contribution in [0.4, 0.5) is 0 Å². The van der Waals surface area contributed by atoms with Gasteiger partial charge in [0.2, 0.25) is 0 Å². The van der Waals surface area contributed by atoms with Crippen LogP contribution in [0.25, 0.3) is 0 Å². The summed E-state index contributed by atoms with van der Waals surface area (Å²) in [6.07, 6.45) is 4.94. The van der Waals surface area contributed by atoms with Gasteiger partial charge < -0.3 is 5.73 Å². The second kappa shape index (κ2) is 6.72. The van der Waals surface area contributed by atoms with Crippen LogP contribution in [-0.2, 0) is 0 Å². The van der Waals surface area contributed by atoms with Crippen LogP contribution in [0.1, 0.15) is 44.4 Å². The fourth-order valence-electron chi connectivity index (χ4n) is 2.34. The molecule has 1 aromatic heterocycles. The van der Waals surface area contributed by atoms with Crippen molar-refractivity contribution < 1.29 is 0 Å². The van der Waals surface area contributed by atoms with E-state index in [1.165, 1.54) is 11.1 Å². The topological polar surface area (TPSA) is 42.1 Å². The summed E-state index contributed by atoms with van der Waals surface area (Å²) in [6.45, 7) is 10.5. The van der Waals surface area contributed by atoms with Crippen LogP contribution in [0.3, 0.4) is 0 Å². The number of likely N-dealkylation sites (N-methyl/N-ethyl adjacent to an activating group) is 1. The molecule has 96 valence electrons. The van der Waals surface area contributed by atoms with Crippen LogP contribution in [-0.4, -0.2) is 29.0 Å². The van der Waals surface area contributed by atoms with E-state index in [9.17, 15) is 0 Å². The number of nitrogens with two attached hydrogens (primary N) is 1. The third kappa shape index (κ3) is 3.27. The molecule has 1 aromatic rings. The van der Waals surface area contributed by atoms with E-state index in [2.05, 4.69) is 43.6 Å². The third-order valence-corrected chi connectivity index (χ3v) is 3.58. The van der Waals surface area contributed by atoms with Gasteiger partial charge in [-0.2, -0.15) is 0 Å². The average molecular weight is 235 g/mol. The number of hydrogen-bond acceptors (Lipinski definition) is 3. The minimum Gasteiger partial charge on any atom is -0.329 e. The van der Waals surface area contributed by atoms with E-state index in [4.69, 9.17) is 5.73 Å². The van der Waals surface area contributed by atoms with Crippen molar-refractivity contribution in [3.63, 3.8) is 0 Å². The molecule has 0 aliphatic rings. The van der Waals surface area contributed by atoms with Gasteiger partial charge in [-0.25, -0.2) is 0 Å². The first-order valence-corrected chi connectivity index (χ1v) is 6.51. The molecule has 0 aliphatic carbocycles. The largest absolute Gasteiger partial charge is 0.329 e. The van der Waals surface area contributed by atoms with E-state index in [-0.39, 0.29) is 6.04 Å². The molecule has 0 spiro atoms. The number of nitrogens with zero attached hydrogens (tertiary/aromatic N) is 2. The molecule has 0 fully saturated rings. The van der Waals surface area contributed by atoms with E-state index in [0.717, 1.165) is 13.0 Å². The Morgan fingerprint density at radius 2 is 2.12 bits per heavy atom. The van der Waals surface area contributed by atoms with Gasteiger partial charge in [0, 0.05) is 31.0 Å². The number of aromatic nitrogens is 1. The fraction of sp³-hybridized carbons (Fsp3) is 0.643. The van der Waals surface area contributed by atoms with Gasteiger partial charge in [-0.3, -0.25) is 9.88 Å². The molecule has 0 aliphatic heterocycles. The number of hydrogen-bond donors (Lipinski definition) is 1. The van der Waals surface area contributed by atoms with Crippen molar-refractivity contribution in [3.05, 3.63) is 29.6 Å². The average Bonchev–Trinajstić information content (AvgIpc) is 2.36. The van der Waals surface area contributed by atoms with Crippen molar-refractivity contribution in [2.45, 2.75) is 46.2 Å². The van der Waals surface area contributed by atoms with Crippen LogP contribution >= 0.6 is 0 Å². The Hall–Kier alpha value is -0.930. The molecule has 0 saturated carbocycles. The van der Waals surface area contributed by atoms with E-state index < -0.39 is 0 Å². The van der Waals surface area contributed by atoms with Crippen molar-refractivity contribution in [3.8, 4) is 0 Å². The Morgan fingerprint density at radius 1 is 1.41 bits per heavy atom. The van der Waals surface area contributed by atoms with Crippen LogP contribution in [0, 0.1) is 6.92 Å². The first-order chi connectivity index (χ1) is 8.15. The summed E-state index contributed by atoms with van der Waals surface area (Å²) in [5, 5.41) is 0. The summed E-state index contributed by atoms with van der Waals surface area (Å²) in [7, 11) is 0.